The van der Waals surface area contributed by atoms with E-state index in [4.69, 9.17) is 0 Å². The minimum Gasteiger partial charge on any atom is -0.378 e. The predicted molar refractivity (Wildman–Crippen MR) is 84.6 cm³/mol. The minimum atomic E-state index is -0.513. The Hall–Kier alpha value is -2.36. The van der Waals surface area contributed by atoms with Crippen LogP contribution in [0.5, 0.6) is 0 Å². The Labute approximate surface area is 124 Å². The predicted octanol–water partition coefficient (Wildman–Crippen LogP) is 3.76. The van der Waals surface area contributed by atoms with E-state index in [1.807, 2.05) is 51.0 Å². The number of aryl methyl sites for hydroxylation is 2. The van der Waals surface area contributed by atoms with Crippen LogP contribution in [0.15, 0.2) is 36.4 Å². The molecule has 110 valence electrons. The van der Waals surface area contributed by atoms with Gasteiger partial charge in [-0.15, -0.1) is 0 Å². The van der Waals surface area contributed by atoms with Gasteiger partial charge in [0.05, 0.1) is 5.56 Å². The van der Waals surface area contributed by atoms with Gasteiger partial charge < -0.3 is 10.2 Å². The van der Waals surface area contributed by atoms with Crippen molar-refractivity contribution in [3.8, 4) is 0 Å². The fourth-order valence-electron chi connectivity index (χ4n) is 2.07. The first-order chi connectivity index (χ1) is 9.88. The smallest absolute Gasteiger partial charge is 0.258 e. The number of nitrogens with one attached hydrogen (secondary N) is 1. The molecule has 1 amide bonds. The second-order valence-electron chi connectivity index (χ2n) is 5.33. The second kappa shape index (κ2) is 5.95. The van der Waals surface area contributed by atoms with Gasteiger partial charge in [-0.25, -0.2) is 4.39 Å². The number of amides is 1. The van der Waals surface area contributed by atoms with Gasteiger partial charge >= 0.3 is 0 Å². The fourth-order valence-corrected chi connectivity index (χ4v) is 2.07. The van der Waals surface area contributed by atoms with Gasteiger partial charge in [-0.05, 0) is 49.7 Å². The Kier molecular flexibility index (Phi) is 4.26. The van der Waals surface area contributed by atoms with Crippen molar-refractivity contribution in [1.29, 1.82) is 0 Å². The number of halogens is 1. The molecule has 0 aliphatic carbocycles. The minimum absolute atomic E-state index is 0.0612. The largest absolute Gasteiger partial charge is 0.378 e. The van der Waals surface area contributed by atoms with Crippen LogP contribution in [-0.4, -0.2) is 20.0 Å². The average Bonchev–Trinajstić information content (AvgIpc) is 2.43. The Morgan fingerprint density at radius 3 is 2.43 bits per heavy atom. The van der Waals surface area contributed by atoms with E-state index in [1.54, 1.807) is 12.1 Å². The van der Waals surface area contributed by atoms with Gasteiger partial charge in [0.2, 0.25) is 0 Å². The third-order valence-electron chi connectivity index (χ3n) is 3.34. The standard InChI is InChI=1S/C17H19FN2O/c1-11-5-7-15(18)14(9-11)17(21)19-16-8-6-13(20(3)4)10-12(16)2/h5-10H,1-4H3,(H,19,21). The van der Waals surface area contributed by atoms with E-state index in [0.29, 0.717) is 5.69 Å². The Morgan fingerprint density at radius 1 is 1.10 bits per heavy atom. The quantitative estimate of drug-likeness (QED) is 0.931. The summed E-state index contributed by atoms with van der Waals surface area (Å²) in [7, 11) is 3.91. The Bertz CT molecular complexity index is 680. The molecule has 21 heavy (non-hydrogen) atoms. The molecule has 2 aromatic carbocycles. The van der Waals surface area contributed by atoms with Gasteiger partial charge in [0.1, 0.15) is 5.82 Å². The number of carbonyl (C=O) groups is 1. The van der Waals surface area contributed by atoms with Crippen LogP contribution in [0.25, 0.3) is 0 Å². The second-order valence-corrected chi connectivity index (χ2v) is 5.33. The first kappa shape index (κ1) is 15.0. The number of anilines is 2. The molecule has 1 N–H and O–H groups in total. The summed E-state index contributed by atoms with van der Waals surface area (Å²) in [5.41, 5.74) is 3.58. The topological polar surface area (TPSA) is 32.3 Å². The van der Waals surface area contributed by atoms with Gasteiger partial charge in [-0.2, -0.15) is 0 Å². The molecule has 4 heteroatoms. The van der Waals surface area contributed by atoms with Crippen molar-refractivity contribution in [2.45, 2.75) is 13.8 Å². The number of rotatable bonds is 3. The highest BCUT2D eigenvalue weighted by Crippen LogP contribution is 2.22. The maximum absolute atomic E-state index is 13.7. The van der Waals surface area contributed by atoms with Crippen molar-refractivity contribution in [2.75, 3.05) is 24.3 Å². The number of hydrogen-bond donors (Lipinski definition) is 1. The number of nitrogens with zero attached hydrogens (tertiary/aromatic N) is 1. The summed E-state index contributed by atoms with van der Waals surface area (Å²) in [5, 5.41) is 2.76. The molecular weight excluding hydrogens is 267 g/mol. The SMILES string of the molecule is Cc1ccc(F)c(C(=O)Nc2ccc(N(C)C)cc2C)c1. The molecule has 3 nitrogen and oxygen atoms in total. The summed E-state index contributed by atoms with van der Waals surface area (Å²) in [6, 6.07) is 10.2. The molecule has 0 saturated heterocycles. The lowest BCUT2D eigenvalue weighted by Crippen LogP contribution is -2.15. The van der Waals surface area contributed by atoms with E-state index in [0.717, 1.165) is 16.8 Å². The molecule has 0 heterocycles. The molecule has 0 saturated carbocycles. The zero-order chi connectivity index (χ0) is 15.6. The van der Waals surface area contributed by atoms with Crippen molar-refractivity contribution in [3.05, 3.63) is 58.9 Å². The van der Waals surface area contributed by atoms with Crippen LogP contribution in [0.3, 0.4) is 0 Å². The van der Waals surface area contributed by atoms with Crippen molar-refractivity contribution in [3.63, 3.8) is 0 Å². The van der Waals surface area contributed by atoms with Gasteiger partial charge in [0.25, 0.3) is 5.91 Å². The molecule has 0 unspecified atom stereocenters. The average molecular weight is 286 g/mol. The van der Waals surface area contributed by atoms with Gasteiger partial charge in [-0.1, -0.05) is 11.6 Å². The summed E-state index contributed by atoms with van der Waals surface area (Å²) in [5.74, 6) is -0.947. The fraction of sp³-hybridized carbons (Fsp3) is 0.235. The first-order valence-electron chi connectivity index (χ1n) is 6.74. The van der Waals surface area contributed by atoms with E-state index in [2.05, 4.69) is 5.32 Å². The molecule has 0 bridgehead atoms. The zero-order valence-corrected chi connectivity index (χ0v) is 12.7. The van der Waals surface area contributed by atoms with Crippen LogP contribution in [0, 0.1) is 19.7 Å². The van der Waals surface area contributed by atoms with Crippen LogP contribution in [0.2, 0.25) is 0 Å². The van der Waals surface area contributed by atoms with Crippen molar-refractivity contribution in [1.82, 2.24) is 0 Å². The van der Waals surface area contributed by atoms with E-state index in [1.165, 1.54) is 6.07 Å². The molecular formula is C17H19FN2O. The monoisotopic (exact) mass is 286 g/mol. The highest BCUT2D eigenvalue weighted by molar-refractivity contribution is 6.05. The summed E-state index contributed by atoms with van der Waals surface area (Å²) in [6.07, 6.45) is 0. The molecule has 0 radical (unpaired) electrons. The number of hydrogen-bond acceptors (Lipinski definition) is 2. The molecule has 0 aliphatic heterocycles. The van der Waals surface area contributed by atoms with E-state index < -0.39 is 11.7 Å². The van der Waals surface area contributed by atoms with E-state index in [-0.39, 0.29) is 5.56 Å². The van der Waals surface area contributed by atoms with Gasteiger partial charge in [-0.3, -0.25) is 4.79 Å². The van der Waals surface area contributed by atoms with Crippen molar-refractivity contribution >= 4 is 17.3 Å². The van der Waals surface area contributed by atoms with Gasteiger partial charge in [0.15, 0.2) is 0 Å². The highest BCUT2D eigenvalue weighted by Gasteiger charge is 2.13. The maximum atomic E-state index is 13.7. The molecule has 0 aromatic heterocycles. The Morgan fingerprint density at radius 2 is 1.81 bits per heavy atom. The zero-order valence-electron chi connectivity index (χ0n) is 12.7. The lowest BCUT2D eigenvalue weighted by Gasteiger charge is -2.15. The lowest BCUT2D eigenvalue weighted by atomic mass is 10.1. The Balaban J connectivity index is 2.25. The molecule has 0 fully saturated rings. The van der Waals surface area contributed by atoms with Crippen LogP contribution in [0.4, 0.5) is 15.8 Å². The number of benzene rings is 2. The van der Waals surface area contributed by atoms with E-state index in [9.17, 15) is 9.18 Å². The van der Waals surface area contributed by atoms with Crippen molar-refractivity contribution in [2.24, 2.45) is 0 Å². The molecule has 2 rings (SSSR count). The lowest BCUT2D eigenvalue weighted by molar-refractivity contribution is 0.102. The maximum Gasteiger partial charge on any atom is 0.258 e. The third-order valence-corrected chi connectivity index (χ3v) is 3.34. The summed E-state index contributed by atoms with van der Waals surface area (Å²) >= 11 is 0. The highest BCUT2D eigenvalue weighted by atomic mass is 19.1. The number of carbonyl (C=O) groups excluding carboxylic acids is 1. The van der Waals surface area contributed by atoms with Crippen molar-refractivity contribution < 1.29 is 9.18 Å². The summed E-state index contributed by atoms with van der Waals surface area (Å²) < 4.78 is 13.7. The first-order valence-corrected chi connectivity index (χ1v) is 6.74. The van der Waals surface area contributed by atoms with Gasteiger partial charge in [0, 0.05) is 25.5 Å². The normalized spacial score (nSPS) is 10.3. The molecule has 2 aromatic rings. The van der Waals surface area contributed by atoms with Crippen LogP contribution >= 0.6 is 0 Å². The van der Waals surface area contributed by atoms with E-state index >= 15 is 0 Å². The molecule has 0 atom stereocenters. The van der Waals surface area contributed by atoms with Crippen LogP contribution in [-0.2, 0) is 0 Å². The summed E-state index contributed by atoms with van der Waals surface area (Å²) in [4.78, 5) is 14.2. The molecule has 0 spiro atoms. The van der Waals surface area contributed by atoms with Crippen LogP contribution in [0.1, 0.15) is 21.5 Å². The van der Waals surface area contributed by atoms with Crippen LogP contribution < -0.4 is 10.2 Å². The molecule has 0 aliphatic rings. The summed E-state index contributed by atoms with van der Waals surface area (Å²) in [6.45, 7) is 3.74. The third kappa shape index (κ3) is 3.40.